The molecule has 1 unspecified atom stereocenters. The van der Waals surface area contributed by atoms with E-state index in [0.717, 1.165) is 31.6 Å². The lowest BCUT2D eigenvalue weighted by Gasteiger charge is -2.32. The fourth-order valence-corrected chi connectivity index (χ4v) is 4.40. The van der Waals surface area contributed by atoms with E-state index >= 15 is 0 Å². The van der Waals surface area contributed by atoms with Crippen LogP contribution in [0, 0.1) is 0 Å². The maximum absolute atomic E-state index is 12.8. The zero-order valence-electron chi connectivity index (χ0n) is 16.7. The molecule has 0 bridgehead atoms. The van der Waals surface area contributed by atoms with Gasteiger partial charge in [0.15, 0.2) is 5.78 Å². The van der Waals surface area contributed by atoms with Crippen LogP contribution in [0.25, 0.3) is 0 Å². The average Bonchev–Trinajstić information content (AvgIpc) is 3.17. The molecule has 29 heavy (non-hydrogen) atoms. The highest BCUT2D eigenvalue weighted by Gasteiger charge is 2.31. The van der Waals surface area contributed by atoms with Crippen LogP contribution in [0.5, 0.6) is 0 Å². The third-order valence-electron chi connectivity index (χ3n) is 5.77. The molecule has 6 heteroatoms. The highest BCUT2D eigenvalue weighted by atomic mass is 16.2. The fraction of sp³-hybridized carbons (Fsp3) is 0.348. The minimum absolute atomic E-state index is 0.210. The molecule has 4 rings (SSSR count). The summed E-state index contributed by atoms with van der Waals surface area (Å²) in [5.41, 5.74) is 4.56. The van der Waals surface area contributed by atoms with Gasteiger partial charge in [0, 0.05) is 36.3 Å². The molecule has 0 saturated carbocycles. The number of nitrogens with zero attached hydrogens (tertiary/aromatic N) is 1. The Hall–Kier alpha value is -2.99. The zero-order chi connectivity index (χ0) is 20.5. The maximum Gasteiger partial charge on any atom is 0.255 e. The van der Waals surface area contributed by atoms with Gasteiger partial charge in [-0.1, -0.05) is 6.07 Å². The van der Waals surface area contributed by atoms with Gasteiger partial charge in [-0.05, 0) is 74.2 Å². The van der Waals surface area contributed by atoms with Crippen LogP contribution in [0.3, 0.4) is 0 Å². The van der Waals surface area contributed by atoms with Crippen molar-refractivity contribution in [1.29, 1.82) is 0 Å². The van der Waals surface area contributed by atoms with E-state index in [1.807, 2.05) is 6.07 Å². The van der Waals surface area contributed by atoms with E-state index in [0.29, 0.717) is 22.9 Å². The highest BCUT2D eigenvalue weighted by Crippen LogP contribution is 2.38. The van der Waals surface area contributed by atoms with Crippen molar-refractivity contribution in [3.05, 3.63) is 58.7 Å². The first-order chi connectivity index (χ1) is 13.9. The second kappa shape index (κ2) is 7.79. The van der Waals surface area contributed by atoms with Gasteiger partial charge in [0.25, 0.3) is 5.91 Å². The smallest absolute Gasteiger partial charge is 0.255 e. The Balaban J connectivity index is 1.57. The summed E-state index contributed by atoms with van der Waals surface area (Å²) in [5, 5.41) is 5.59. The summed E-state index contributed by atoms with van der Waals surface area (Å²) in [6.07, 6.45) is 3.43. The summed E-state index contributed by atoms with van der Waals surface area (Å²) < 4.78 is 0. The summed E-state index contributed by atoms with van der Waals surface area (Å²) in [6, 6.07) is 11.3. The van der Waals surface area contributed by atoms with Crippen molar-refractivity contribution in [3.8, 4) is 0 Å². The molecule has 2 heterocycles. The largest absolute Gasteiger partial charge is 0.326 e. The molecule has 1 atom stereocenters. The molecule has 0 aromatic heterocycles. The average molecular weight is 391 g/mol. The van der Waals surface area contributed by atoms with E-state index in [2.05, 4.69) is 27.7 Å². The minimum atomic E-state index is -0.277. The van der Waals surface area contributed by atoms with Crippen molar-refractivity contribution in [2.75, 3.05) is 23.7 Å². The molecule has 0 radical (unpaired) electrons. The molecule has 2 aliphatic rings. The number of ketones is 1. The molecule has 2 amide bonds. The molecular formula is C23H25N3O3. The third kappa shape index (κ3) is 3.93. The number of carbonyl (C=O) groups is 3. The minimum Gasteiger partial charge on any atom is -0.326 e. The van der Waals surface area contributed by atoms with Gasteiger partial charge in [0.2, 0.25) is 5.91 Å². The Kier molecular flexibility index (Phi) is 5.20. The normalized spacial score (nSPS) is 17.9. The summed E-state index contributed by atoms with van der Waals surface area (Å²) in [5.74, 6) is -0.751. The van der Waals surface area contributed by atoms with Crippen molar-refractivity contribution >= 4 is 29.0 Å². The monoisotopic (exact) mass is 391 g/mol. The fourth-order valence-electron chi connectivity index (χ4n) is 4.40. The third-order valence-corrected chi connectivity index (χ3v) is 5.77. The number of amides is 2. The number of hydrogen-bond acceptors (Lipinski definition) is 4. The van der Waals surface area contributed by atoms with Gasteiger partial charge in [-0.25, -0.2) is 0 Å². The first-order valence-electron chi connectivity index (χ1n) is 10.0. The molecule has 1 saturated heterocycles. The van der Waals surface area contributed by atoms with Gasteiger partial charge in [0.05, 0.1) is 5.69 Å². The van der Waals surface area contributed by atoms with Crippen LogP contribution in [-0.2, 0) is 11.2 Å². The van der Waals surface area contributed by atoms with Crippen LogP contribution in [0.2, 0.25) is 0 Å². The van der Waals surface area contributed by atoms with Crippen LogP contribution in [0.15, 0.2) is 36.4 Å². The molecule has 2 aliphatic heterocycles. The number of hydrogen-bond donors (Lipinski definition) is 2. The van der Waals surface area contributed by atoms with E-state index in [4.69, 9.17) is 0 Å². The molecule has 6 nitrogen and oxygen atoms in total. The Morgan fingerprint density at radius 1 is 1.00 bits per heavy atom. The number of anilines is 2. The lowest BCUT2D eigenvalue weighted by Crippen LogP contribution is -2.31. The van der Waals surface area contributed by atoms with Crippen LogP contribution in [-0.4, -0.2) is 35.6 Å². The van der Waals surface area contributed by atoms with Crippen LogP contribution in [0.4, 0.5) is 11.4 Å². The molecular weight excluding hydrogens is 366 g/mol. The van der Waals surface area contributed by atoms with E-state index in [1.165, 1.54) is 37.5 Å². The maximum atomic E-state index is 12.8. The second-order valence-electron chi connectivity index (χ2n) is 7.81. The van der Waals surface area contributed by atoms with E-state index in [-0.39, 0.29) is 17.6 Å². The van der Waals surface area contributed by atoms with Crippen LogP contribution in [0.1, 0.15) is 64.6 Å². The number of fused-ring (bicyclic) bond motifs is 3. The lowest BCUT2D eigenvalue weighted by molar-refractivity contribution is -0.114. The second-order valence-corrected chi connectivity index (χ2v) is 7.81. The van der Waals surface area contributed by atoms with Gasteiger partial charge < -0.3 is 10.6 Å². The van der Waals surface area contributed by atoms with Crippen molar-refractivity contribution < 1.29 is 14.4 Å². The molecule has 150 valence electrons. The van der Waals surface area contributed by atoms with Crippen molar-refractivity contribution in [3.63, 3.8) is 0 Å². The highest BCUT2D eigenvalue weighted by molar-refractivity contribution is 6.09. The zero-order valence-corrected chi connectivity index (χ0v) is 16.7. The predicted molar refractivity (Wildman–Crippen MR) is 112 cm³/mol. The standard InChI is InChI=1S/C23H25N3O3/c1-14(27)19-12-17(6-8-21(19)24-15(2)28)23(29)25-18-7-5-16-9-11-26-10-3-4-22(26)20(16)13-18/h5-8,12-13,22H,3-4,9-11H2,1-2H3,(H,24,28)(H,25,29). The summed E-state index contributed by atoms with van der Waals surface area (Å²) >= 11 is 0. The first kappa shape index (κ1) is 19.3. The Bertz CT molecular complexity index is 999. The van der Waals surface area contributed by atoms with Crippen molar-refractivity contribution in [1.82, 2.24) is 4.90 Å². The molecule has 2 aromatic carbocycles. The van der Waals surface area contributed by atoms with Crippen LogP contribution < -0.4 is 10.6 Å². The van der Waals surface area contributed by atoms with E-state index < -0.39 is 0 Å². The molecule has 2 N–H and O–H groups in total. The molecule has 1 fully saturated rings. The number of nitrogens with one attached hydrogen (secondary N) is 2. The van der Waals surface area contributed by atoms with Gasteiger partial charge in [-0.2, -0.15) is 0 Å². The van der Waals surface area contributed by atoms with E-state index in [1.54, 1.807) is 12.1 Å². The topological polar surface area (TPSA) is 78.5 Å². The summed E-state index contributed by atoms with van der Waals surface area (Å²) in [6.45, 7) is 5.05. The number of rotatable bonds is 4. The lowest BCUT2D eigenvalue weighted by atomic mass is 9.92. The Morgan fingerprint density at radius 2 is 1.83 bits per heavy atom. The molecule has 2 aromatic rings. The number of benzene rings is 2. The number of carbonyl (C=O) groups excluding carboxylic acids is 3. The van der Waals surface area contributed by atoms with Crippen LogP contribution >= 0.6 is 0 Å². The van der Waals surface area contributed by atoms with E-state index in [9.17, 15) is 14.4 Å². The Labute approximate surface area is 170 Å². The Morgan fingerprint density at radius 3 is 2.59 bits per heavy atom. The van der Waals surface area contributed by atoms with Gasteiger partial charge in [-0.15, -0.1) is 0 Å². The van der Waals surface area contributed by atoms with Crippen molar-refractivity contribution in [2.45, 2.75) is 39.2 Å². The first-order valence-corrected chi connectivity index (χ1v) is 10.0. The van der Waals surface area contributed by atoms with Gasteiger partial charge in [0.1, 0.15) is 0 Å². The summed E-state index contributed by atoms with van der Waals surface area (Å²) in [7, 11) is 0. The van der Waals surface area contributed by atoms with Gasteiger partial charge >= 0.3 is 0 Å². The number of Topliss-reactive ketones (excluding diaryl/α,β-unsaturated/α-hetero) is 1. The van der Waals surface area contributed by atoms with Crippen molar-refractivity contribution in [2.24, 2.45) is 0 Å². The SMILES string of the molecule is CC(=O)Nc1ccc(C(=O)Nc2ccc3c(c2)C2CCCN2CC3)cc1C(C)=O. The molecule has 0 spiro atoms. The quantitative estimate of drug-likeness (QED) is 0.777. The predicted octanol–water partition coefficient (Wildman–Crippen LogP) is 3.79. The molecule has 0 aliphatic carbocycles. The summed E-state index contributed by atoms with van der Waals surface area (Å²) in [4.78, 5) is 38.6. The van der Waals surface area contributed by atoms with Gasteiger partial charge in [-0.3, -0.25) is 19.3 Å².